The number of rotatable bonds is 8. The molecule has 2 heterocycles. The lowest BCUT2D eigenvalue weighted by Crippen LogP contribution is -2.30. The van der Waals surface area contributed by atoms with Crippen molar-refractivity contribution in [3.8, 4) is 5.75 Å². The third kappa shape index (κ3) is 4.31. The summed E-state index contributed by atoms with van der Waals surface area (Å²) in [4.78, 5) is 15.1. The molecule has 1 aliphatic heterocycles. The standard InChI is InChI=1S/C25H30N2O2/c1-29-24-15-14-21(20-10-4-5-11-22(20)24)23-12-9-19-27(23)25(28)13-3-2-6-16-26-17-7-8-18-26/h4-5,7-8,10-11,14-15,17-18,23H,2-3,6,9,12-13,16,19H2,1H3/t23-/m0/s1. The molecule has 1 saturated heterocycles. The van der Waals surface area contributed by atoms with Crippen molar-refractivity contribution < 1.29 is 9.53 Å². The number of carbonyl (C=O) groups is 1. The maximum absolute atomic E-state index is 13.0. The highest BCUT2D eigenvalue weighted by Gasteiger charge is 2.30. The molecule has 4 heteroatoms. The van der Waals surface area contributed by atoms with E-state index in [4.69, 9.17) is 4.74 Å². The SMILES string of the molecule is COc1ccc([C@@H]2CCCN2C(=O)CCCCCn2cccc2)c2ccccc12. The molecule has 0 radical (unpaired) electrons. The van der Waals surface area contributed by atoms with E-state index in [1.54, 1.807) is 7.11 Å². The van der Waals surface area contributed by atoms with Crippen LogP contribution in [0, 0.1) is 0 Å². The summed E-state index contributed by atoms with van der Waals surface area (Å²) in [5, 5.41) is 2.32. The quantitative estimate of drug-likeness (QED) is 0.471. The summed E-state index contributed by atoms with van der Waals surface area (Å²) in [5.41, 5.74) is 1.25. The highest BCUT2D eigenvalue weighted by Crippen LogP contribution is 2.39. The number of likely N-dealkylation sites (tertiary alicyclic amines) is 1. The Balaban J connectivity index is 1.40. The molecule has 1 amide bonds. The van der Waals surface area contributed by atoms with E-state index in [1.165, 1.54) is 10.9 Å². The maximum atomic E-state index is 13.0. The summed E-state index contributed by atoms with van der Waals surface area (Å²) in [6.45, 7) is 1.90. The number of hydrogen-bond donors (Lipinski definition) is 0. The van der Waals surface area contributed by atoms with E-state index in [1.807, 2.05) is 12.1 Å². The number of ether oxygens (including phenoxy) is 1. The average molecular weight is 391 g/mol. The fourth-order valence-electron chi connectivity index (χ4n) is 4.56. The minimum absolute atomic E-state index is 0.179. The molecule has 4 nitrogen and oxygen atoms in total. The molecule has 152 valence electrons. The largest absolute Gasteiger partial charge is 0.496 e. The van der Waals surface area contributed by atoms with Crippen molar-refractivity contribution in [2.45, 2.75) is 51.1 Å². The second kappa shape index (κ2) is 9.17. The first-order chi connectivity index (χ1) is 14.3. The number of aromatic nitrogens is 1. The van der Waals surface area contributed by atoms with Crippen LogP contribution >= 0.6 is 0 Å². The van der Waals surface area contributed by atoms with Crippen LogP contribution in [0.2, 0.25) is 0 Å². The molecule has 2 aromatic carbocycles. The third-order valence-electron chi connectivity index (χ3n) is 6.04. The Morgan fingerprint density at radius 3 is 2.59 bits per heavy atom. The zero-order chi connectivity index (χ0) is 20.1. The number of amides is 1. The van der Waals surface area contributed by atoms with Gasteiger partial charge < -0.3 is 14.2 Å². The second-order valence-corrected chi connectivity index (χ2v) is 7.88. The Morgan fingerprint density at radius 2 is 1.79 bits per heavy atom. The van der Waals surface area contributed by atoms with E-state index >= 15 is 0 Å². The average Bonchev–Trinajstić information content (AvgIpc) is 3.44. The van der Waals surface area contributed by atoms with Gasteiger partial charge in [-0.1, -0.05) is 36.8 Å². The van der Waals surface area contributed by atoms with Crippen molar-refractivity contribution in [2.75, 3.05) is 13.7 Å². The number of hydrogen-bond acceptors (Lipinski definition) is 2. The van der Waals surface area contributed by atoms with Crippen LogP contribution in [0.1, 0.15) is 50.1 Å². The summed E-state index contributed by atoms with van der Waals surface area (Å²) in [6.07, 6.45) is 10.1. The van der Waals surface area contributed by atoms with E-state index in [0.29, 0.717) is 12.3 Å². The van der Waals surface area contributed by atoms with Gasteiger partial charge in [-0.15, -0.1) is 0 Å². The molecule has 3 aromatic rings. The van der Waals surface area contributed by atoms with Crippen molar-refractivity contribution in [2.24, 2.45) is 0 Å². The van der Waals surface area contributed by atoms with E-state index in [-0.39, 0.29) is 6.04 Å². The van der Waals surface area contributed by atoms with E-state index in [9.17, 15) is 4.79 Å². The van der Waals surface area contributed by atoms with Crippen LogP contribution in [0.25, 0.3) is 10.8 Å². The van der Waals surface area contributed by atoms with E-state index in [2.05, 4.69) is 58.3 Å². The van der Waals surface area contributed by atoms with Gasteiger partial charge in [-0.3, -0.25) is 4.79 Å². The second-order valence-electron chi connectivity index (χ2n) is 7.88. The summed E-state index contributed by atoms with van der Waals surface area (Å²) in [7, 11) is 1.71. The van der Waals surface area contributed by atoms with Crippen molar-refractivity contribution in [1.82, 2.24) is 9.47 Å². The van der Waals surface area contributed by atoms with Gasteiger partial charge in [0.2, 0.25) is 5.91 Å². The number of unbranched alkanes of at least 4 members (excludes halogenated alkanes) is 2. The number of aryl methyl sites for hydroxylation is 1. The number of fused-ring (bicyclic) bond motifs is 1. The van der Waals surface area contributed by atoms with Gasteiger partial charge in [0.05, 0.1) is 13.2 Å². The van der Waals surface area contributed by atoms with Crippen LogP contribution in [0.5, 0.6) is 5.75 Å². The molecule has 1 atom stereocenters. The molecular weight excluding hydrogens is 360 g/mol. The Labute approximate surface area is 173 Å². The zero-order valence-electron chi connectivity index (χ0n) is 17.2. The van der Waals surface area contributed by atoms with Gasteiger partial charge in [-0.05, 0) is 54.8 Å². The third-order valence-corrected chi connectivity index (χ3v) is 6.04. The van der Waals surface area contributed by atoms with Crippen molar-refractivity contribution in [3.05, 3.63) is 66.5 Å². The molecule has 0 spiro atoms. The molecular formula is C25H30N2O2. The Morgan fingerprint density at radius 1 is 1.00 bits per heavy atom. The zero-order valence-corrected chi connectivity index (χ0v) is 17.2. The first-order valence-electron chi connectivity index (χ1n) is 10.7. The van der Waals surface area contributed by atoms with E-state index < -0.39 is 0 Å². The smallest absolute Gasteiger partial charge is 0.223 e. The minimum atomic E-state index is 0.179. The summed E-state index contributed by atoms with van der Waals surface area (Å²) in [6, 6.07) is 16.8. The van der Waals surface area contributed by atoms with Crippen LogP contribution in [-0.2, 0) is 11.3 Å². The van der Waals surface area contributed by atoms with Crippen LogP contribution in [0.3, 0.4) is 0 Å². The Kier molecular flexibility index (Phi) is 6.18. The molecule has 0 unspecified atom stereocenters. The number of carbonyl (C=O) groups excluding carboxylic acids is 1. The molecule has 4 rings (SSSR count). The van der Waals surface area contributed by atoms with Crippen LogP contribution < -0.4 is 4.74 Å². The molecule has 0 saturated carbocycles. The van der Waals surface area contributed by atoms with Gasteiger partial charge >= 0.3 is 0 Å². The molecule has 1 fully saturated rings. The highest BCUT2D eigenvalue weighted by atomic mass is 16.5. The predicted octanol–water partition coefficient (Wildman–Crippen LogP) is 5.57. The molecule has 0 bridgehead atoms. The summed E-state index contributed by atoms with van der Waals surface area (Å²) < 4.78 is 7.74. The normalized spacial score (nSPS) is 16.4. The van der Waals surface area contributed by atoms with Gasteiger partial charge in [0.15, 0.2) is 0 Å². The predicted molar refractivity (Wildman–Crippen MR) is 117 cm³/mol. The monoisotopic (exact) mass is 390 g/mol. The van der Waals surface area contributed by atoms with Gasteiger partial charge in [0, 0.05) is 37.3 Å². The lowest BCUT2D eigenvalue weighted by Gasteiger charge is -2.26. The number of nitrogens with zero attached hydrogens (tertiary/aromatic N) is 2. The summed E-state index contributed by atoms with van der Waals surface area (Å²) in [5.74, 6) is 1.19. The van der Waals surface area contributed by atoms with Crippen LogP contribution in [-0.4, -0.2) is 29.0 Å². The van der Waals surface area contributed by atoms with Crippen LogP contribution in [0.4, 0.5) is 0 Å². The summed E-state index contributed by atoms with van der Waals surface area (Å²) >= 11 is 0. The van der Waals surface area contributed by atoms with Gasteiger partial charge in [-0.25, -0.2) is 0 Å². The van der Waals surface area contributed by atoms with Crippen molar-refractivity contribution in [1.29, 1.82) is 0 Å². The van der Waals surface area contributed by atoms with Crippen molar-refractivity contribution >= 4 is 16.7 Å². The fraction of sp³-hybridized carbons (Fsp3) is 0.400. The van der Waals surface area contributed by atoms with Crippen LogP contribution in [0.15, 0.2) is 60.9 Å². The first-order valence-corrected chi connectivity index (χ1v) is 10.7. The first kappa shape index (κ1) is 19.6. The Hall–Kier alpha value is -2.75. The van der Waals surface area contributed by atoms with Gasteiger partial charge in [-0.2, -0.15) is 0 Å². The topological polar surface area (TPSA) is 34.5 Å². The van der Waals surface area contributed by atoms with Gasteiger partial charge in [0.25, 0.3) is 0 Å². The molecule has 1 aromatic heterocycles. The Bertz CT molecular complexity index is 949. The molecule has 0 aliphatic carbocycles. The maximum Gasteiger partial charge on any atom is 0.223 e. The van der Waals surface area contributed by atoms with Crippen molar-refractivity contribution in [3.63, 3.8) is 0 Å². The lowest BCUT2D eigenvalue weighted by atomic mass is 9.96. The van der Waals surface area contributed by atoms with Gasteiger partial charge in [0.1, 0.15) is 5.75 Å². The number of benzene rings is 2. The lowest BCUT2D eigenvalue weighted by molar-refractivity contribution is -0.132. The molecule has 0 N–H and O–H groups in total. The van der Waals surface area contributed by atoms with E-state index in [0.717, 1.165) is 56.3 Å². The molecule has 29 heavy (non-hydrogen) atoms. The molecule has 1 aliphatic rings. The minimum Gasteiger partial charge on any atom is -0.496 e. The number of methoxy groups -OCH3 is 1. The fourth-order valence-corrected chi connectivity index (χ4v) is 4.56. The highest BCUT2D eigenvalue weighted by molar-refractivity contribution is 5.92.